The fourth-order valence-corrected chi connectivity index (χ4v) is 3.04. The minimum Gasteiger partial charge on any atom is -0.390 e. The van der Waals surface area contributed by atoms with Gasteiger partial charge in [-0.25, -0.2) is 4.79 Å². The molecule has 1 aliphatic heterocycles. The highest BCUT2D eigenvalue weighted by Gasteiger charge is 2.31. The lowest BCUT2D eigenvalue weighted by Gasteiger charge is -2.39. The van der Waals surface area contributed by atoms with Crippen molar-refractivity contribution in [3.8, 4) is 10.4 Å². The highest BCUT2D eigenvalue weighted by molar-refractivity contribution is 7.13. The van der Waals surface area contributed by atoms with Gasteiger partial charge in [-0.3, -0.25) is 4.79 Å². The quantitative estimate of drug-likeness (QED) is 0.805. The first-order valence-electron chi connectivity index (χ1n) is 7.13. The molecule has 6 nitrogen and oxygen atoms in total. The van der Waals surface area contributed by atoms with E-state index in [1.807, 2.05) is 17.5 Å². The molecule has 1 saturated heterocycles. The third kappa shape index (κ3) is 3.38. The summed E-state index contributed by atoms with van der Waals surface area (Å²) in [5.41, 5.74) is 7.57. The van der Waals surface area contributed by atoms with Gasteiger partial charge in [-0.15, -0.1) is 11.3 Å². The zero-order valence-electron chi connectivity index (χ0n) is 12.6. The lowest BCUT2D eigenvalue weighted by Crippen LogP contribution is -2.61. The number of carbonyl (C=O) groups is 2. The molecule has 0 saturated carbocycles. The van der Waals surface area contributed by atoms with Crippen LogP contribution in [0.15, 0.2) is 23.6 Å². The second kappa shape index (κ2) is 6.18. The summed E-state index contributed by atoms with van der Waals surface area (Å²) in [7, 11) is 0. The van der Waals surface area contributed by atoms with E-state index < -0.39 is 0 Å². The summed E-state index contributed by atoms with van der Waals surface area (Å²) < 4.78 is 0. The molecule has 0 atom stereocenters. The van der Waals surface area contributed by atoms with Gasteiger partial charge >= 0.3 is 6.03 Å². The Bertz CT molecular complexity index is 724. The number of thiophene rings is 1. The Balaban J connectivity index is 1.65. The van der Waals surface area contributed by atoms with Gasteiger partial charge < -0.3 is 21.3 Å². The number of rotatable bonds is 3. The molecule has 4 N–H and O–H groups in total. The first-order chi connectivity index (χ1) is 11.0. The van der Waals surface area contributed by atoms with Crippen LogP contribution in [-0.4, -0.2) is 36.0 Å². The smallest absolute Gasteiger partial charge is 0.322 e. The Labute approximate surface area is 138 Å². The van der Waals surface area contributed by atoms with E-state index in [9.17, 15) is 9.59 Å². The lowest BCUT2D eigenvalue weighted by molar-refractivity contribution is -0.120. The van der Waals surface area contributed by atoms with Gasteiger partial charge in [0.2, 0.25) is 5.91 Å². The van der Waals surface area contributed by atoms with E-state index in [2.05, 4.69) is 22.8 Å². The largest absolute Gasteiger partial charge is 0.390 e. The first-order valence-corrected chi connectivity index (χ1v) is 8.01. The molecule has 0 aliphatic carbocycles. The van der Waals surface area contributed by atoms with E-state index in [-0.39, 0.29) is 18.0 Å². The van der Waals surface area contributed by atoms with Crippen molar-refractivity contribution in [1.82, 2.24) is 10.2 Å². The molecule has 2 aromatic rings. The molecule has 1 aromatic heterocycles. The third-order valence-electron chi connectivity index (χ3n) is 3.52. The summed E-state index contributed by atoms with van der Waals surface area (Å²) >= 11 is 1.58. The van der Waals surface area contributed by atoms with Crippen LogP contribution in [0.1, 0.15) is 6.92 Å². The molecule has 0 radical (unpaired) electrons. The summed E-state index contributed by atoms with van der Waals surface area (Å²) in [5.74, 6) is -0.0897. The maximum absolute atomic E-state index is 12.2. The fraction of sp³-hybridized carbons (Fsp3) is 0.250. The predicted octanol–water partition coefficient (Wildman–Crippen LogP) is 1.95. The Morgan fingerprint density at radius 3 is 2.83 bits per heavy atom. The number of nitrogens with zero attached hydrogens (tertiary/aromatic N) is 1. The highest BCUT2D eigenvalue weighted by Crippen LogP contribution is 2.27. The molecule has 7 heteroatoms. The van der Waals surface area contributed by atoms with Crippen molar-refractivity contribution in [2.75, 3.05) is 24.1 Å². The number of nitrogens with one attached hydrogen (secondary N) is 2. The third-order valence-corrected chi connectivity index (χ3v) is 4.42. The Morgan fingerprint density at radius 1 is 1.39 bits per heavy atom. The number of amides is 3. The minimum absolute atomic E-state index is 0.0212. The van der Waals surface area contributed by atoms with Crippen LogP contribution in [0.25, 0.3) is 10.4 Å². The fourth-order valence-electron chi connectivity index (χ4n) is 2.35. The number of urea groups is 1. The molecular formula is C16H16N4O2S. The second-order valence-corrected chi connectivity index (χ2v) is 6.29. The van der Waals surface area contributed by atoms with Crippen molar-refractivity contribution < 1.29 is 9.59 Å². The van der Waals surface area contributed by atoms with Crippen molar-refractivity contribution in [3.63, 3.8) is 0 Å². The number of likely N-dealkylation sites (tertiary alicyclic amines) is 1. The number of hydrogen-bond donors (Lipinski definition) is 3. The summed E-state index contributed by atoms with van der Waals surface area (Å²) in [5, 5.41) is 7.54. The molecule has 118 valence electrons. The van der Waals surface area contributed by atoms with Crippen molar-refractivity contribution in [3.05, 3.63) is 35.7 Å². The van der Waals surface area contributed by atoms with E-state index in [4.69, 9.17) is 5.73 Å². The van der Waals surface area contributed by atoms with Gasteiger partial charge in [0.05, 0.1) is 11.7 Å². The van der Waals surface area contributed by atoms with E-state index in [1.165, 1.54) is 6.92 Å². The maximum Gasteiger partial charge on any atom is 0.322 e. The normalized spacial score (nSPS) is 13.9. The Kier molecular flexibility index (Phi) is 4.08. The van der Waals surface area contributed by atoms with Gasteiger partial charge in [0.25, 0.3) is 0 Å². The molecule has 0 unspecified atom stereocenters. The van der Waals surface area contributed by atoms with Gasteiger partial charge in [-0.1, -0.05) is 12.1 Å². The molecule has 0 bridgehead atoms. The van der Waals surface area contributed by atoms with Gasteiger partial charge in [-0.2, -0.15) is 0 Å². The number of anilines is 2. The first kappa shape index (κ1) is 15.2. The second-order valence-electron chi connectivity index (χ2n) is 5.35. The minimum atomic E-state index is -0.241. The molecule has 1 aliphatic rings. The molecule has 1 fully saturated rings. The highest BCUT2D eigenvalue weighted by atomic mass is 32.1. The zero-order valence-corrected chi connectivity index (χ0v) is 13.4. The van der Waals surface area contributed by atoms with E-state index in [0.717, 1.165) is 10.4 Å². The van der Waals surface area contributed by atoms with Crippen LogP contribution in [0.3, 0.4) is 0 Å². The monoisotopic (exact) mass is 328 g/mol. The molecule has 0 spiro atoms. The lowest BCUT2D eigenvalue weighted by atomic mass is 10.1. The number of nitrogen functional groups attached to an aromatic ring is 1. The molecule has 23 heavy (non-hydrogen) atoms. The predicted molar refractivity (Wildman–Crippen MR) is 90.0 cm³/mol. The van der Waals surface area contributed by atoms with E-state index in [0.29, 0.717) is 24.5 Å². The molecule has 2 heterocycles. The summed E-state index contributed by atoms with van der Waals surface area (Å²) in [4.78, 5) is 25.8. The van der Waals surface area contributed by atoms with Gasteiger partial charge in [0.15, 0.2) is 0 Å². The van der Waals surface area contributed by atoms with Crippen molar-refractivity contribution in [2.24, 2.45) is 0 Å². The zero-order chi connectivity index (χ0) is 16.4. The number of hydrogen-bond acceptors (Lipinski definition) is 4. The molecule has 1 aromatic carbocycles. The van der Waals surface area contributed by atoms with Crippen LogP contribution >= 0.6 is 11.3 Å². The SMILES string of the molecule is CC(=O)NC1CN(C(=O)Nc2cc(-c3cccs3)c#cc2N)C1. The molecule has 3 amide bonds. The number of nitrogens with two attached hydrogens (primary N) is 1. The molecule has 3 rings (SSSR count). The summed E-state index contributed by atoms with van der Waals surface area (Å²) in [6.07, 6.45) is 0. The Hall–Kier alpha value is -2.72. The van der Waals surface area contributed by atoms with Crippen molar-refractivity contribution in [2.45, 2.75) is 13.0 Å². The van der Waals surface area contributed by atoms with Crippen LogP contribution < -0.4 is 16.4 Å². The topological polar surface area (TPSA) is 87.5 Å². The van der Waals surface area contributed by atoms with Gasteiger partial charge in [0.1, 0.15) is 5.69 Å². The average molecular weight is 328 g/mol. The summed E-state index contributed by atoms with van der Waals surface area (Å²) in [6, 6.07) is 11.3. The van der Waals surface area contributed by atoms with Crippen molar-refractivity contribution >= 4 is 34.6 Å². The number of carbonyl (C=O) groups excluding carboxylic acids is 2. The maximum atomic E-state index is 12.2. The standard InChI is InChI=1S/C16H16N4O2S/c1-10(21)18-12-8-20(9-12)16(22)19-14-7-11(4-5-13(14)17)15-3-2-6-23-15/h2-3,6-7,12H,8-9,17H2,1H3,(H,18,21)(H,19,22). The van der Waals surface area contributed by atoms with E-state index in [1.54, 1.807) is 22.3 Å². The van der Waals surface area contributed by atoms with Crippen LogP contribution in [-0.2, 0) is 4.79 Å². The summed E-state index contributed by atoms with van der Waals surface area (Å²) in [6.45, 7) is 2.45. The van der Waals surface area contributed by atoms with Gasteiger partial charge in [0, 0.05) is 30.5 Å². The Morgan fingerprint density at radius 2 is 2.17 bits per heavy atom. The van der Waals surface area contributed by atoms with Crippen LogP contribution in [0.4, 0.5) is 16.2 Å². The molecular weight excluding hydrogens is 312 g/mol. The average Bonchev–Trinajstić information content (AvgIpc) is 2.98. The van der Waals surface area contributed by atoms with Crippen LogP contribution in [0.2, 0.25) is 0 Å². The van der Waals surface area contributed by atoms with Crippen molar-refractivity contribution in [1.29, 1.82) is 0 Å². The van der Waals surface area contributed by atoms with E-state index >= 15 is 0 Å². The van der Waals surface area contributed by atoms with Gasteiger partial charge in [-0.05, 0) is 23.6 Å². The van der Waals surface area contributed by atoms with Crippen LogP contribution in [0, 0.1) is 12.1 Å². The van der Waals surface area contributed by atoms with Crippen LogP contribution in [0.5, 0.6) is 0 Å².